The van der Waals surface area contributed by atoms with Gasteiger partial charge in [-0.25, -0.2) is 0 Å². The fourth-order valence-corrected chi connectivity index (χ4v) is 5.75. The number of benzene rings is 3. The number of hydrogen-bond donors (Lipinski definition) is 1. The van der Waals surface area contributed by atoms with E-state index in [-0.39, 0.29) is 19.3 Å². The summed E-state index contributed by atoms with van der Waals surface area (Å²) in [7, 11) is 1.53. The molecule has 204 valence electrons. The van der Waals surface area contributed by atoms with Gasteiger partial charge in [0.25, 0.3) is 0 Å². The fraction of sp³-hybridized carbons (Fsp3) is 0.387. The third kappa shape index (κ3) is 9.35. The first-order valence-electron chi connectivity index (χ1n) is 12.8. The first-order chi connectivity index (χ1) is 18.3. The largest absolute Gasteiger partial charge is 0.489 e. The van der Waals surface area contributed by atoms with E-state index in [1.807, 2.05) is 80.6 Å². The molecule has 0 aliphatic carbocycles. The molecule has 3 aromatic rings. The lowest BCUT2D eigenvalue weighted by Gasteiger charge is -2.31. The minimum atomic E-state index is -0.942. The van der Waals surface area contributed by atoms with Crippen molar-refractivity contribution >= 4 is 29.3 Å². The highest BCUT2D eigenvalue weighted by molar-refractivity contribution is 7.99. The van der Waals surface area contributed by atoms with Crippen LogP contribution < -0.4 is 4.74 Å². The predicted molar refractivity (Wildman–Crippen MR) is 153 cm³/mol. The Kier molecular flexibility index (Phi) is 12.0. The van der Waals surface area contributed by atoms with E-state index in [4.69, 9.17) is 25.8 Å². The van der Waals surface area contributed by atoms with Crippen molar-refractivity contribution in [3.05, 3.63) is 88.9 Å². The van der Waals surface area contributed by atoms with Crippen LogP contribution in [0.25, 0.3) is 0 Å². The van der Waals surface area contributed by atoms with Crippen LogP contribution in [-0.2, 0) is 27.3 Å². The predicted octanol–water partition coefficient (Wildman–Crippen LogP) is 8.13. The number of halogens is 1. The van der Waals surface area contributed by atoms with Crippen LogP contribution in [0.1, 0.15) is 44.2 Å². The first kappa shape index (κ1) is 30.0. The van der Waals surface area contributed by atoms with E-state index in [1.165, 1.54) is 7.11 Å². The van der Waals surface area contributed by atoms with Crippen molar-refractivity contribution in [2.24, 2.45) is 11.3 Å². The Morgan fingerprint density at radius 1 is 1.03 bits per heavy atom. The average molecular weight is 557 g/mol. The average Bonchev–Trinajstić information content (AvgIpc) is 2.89. The number of carboxylic acids is 1. The second kappa shape index (κ2) is 15.2. The molecule has 3 rings (SSSR count). The lowest BCUT2D eigenvalue weighted by molar-refractivity contribution is -0.159. The van der Waals surface area contributed by atoms with E-state index in [1.54, 1.807) is 11.8 Å². The van der Waals surface area contributed by atoms with Gasteiger partial charge in [0.1, 0.15) is 19.1 Å². The smallest absolute Gasteiger partial charge is 0.311 e. The zero-order valence-electron chi connectivity index (χ0n) is 22.3. The number of ether oxygens (including phenoxy) is 3. The lowest BCUT2D eigenvalue weighted by atomic mass is 9.76. The Hall–Kier alpha value is -2.51. The Balaban J connectivity index is 1.59. The van der Waals surface area contributed by atoms with Crippen LogP contribution in [0.5, 0.6) is 5.75 Å². The maximum absolute atomic E-state index is 12.3. The van der Waals surface area contributed by atoms with Crippen LogP contribution in [0.15, 0.2) is 82.6 Å². The normalized spacial score (nSPS) is 12.9. The van der Waals surface area contributed by atoms with E-state index < -0.39 is 11.4 Å². The van der Waals surface area contributed by atoms with Gasteiger partial charge in [-0.2, -0.15) is 0 Å². The van der Waals surface area contributed by atoms with Crippen LogP contribution in [0.3, 0.4) is 0 Å². The zero-order valence-corrected chi connectivity index (χ0v) is 23.9. The Labute approximate surface area is 235 Å². The number of rotatable bonds is 16. The van der Waals surface area contributed by atoms with Gasteiger partial charge in [-0.05, 0) is 73.1 Å². The molecule has 0 fully saturated rings. The van der Waals surface area contributed by atoms with Crippen LogP contribution in [0.2, 0.25) is 5.02 Å². The minimum Gasteiger partial charge on any atom is -0.489 e. The second-order valence-corrected chi connectivity index (χ2v) is 11.5. The van der Waals surface area contributed by atoms with Crippen molar-refractivity contribution in [1.82, 2.24) is 0 Å². The highest BCUT2D eigenvalue weighted by Gasteiger charge is 2.39. The molecule has 0 aliphatic heterocycles. The number of aryl methyl sites for hydroxylation is 1. The van der Waals surface area contributed by atoms with Gasteiger partial charge in [-0.1, -0.05) is 79.7 Å². The Morgan fingerprint density at radius 3 is 2.47 bits per heavy atom. The zero-order chi connectivity index (χ0) is 27.4. The van der Waals surface area contributed by atoms with Gasteiger partial charge >= 0.3 is 5.97 Å². The van der Waals surface area contributed by atoms with E-state index in [2.05, 4.69) is 6.07 Å². The summed E-state index contributed by atoms with van der Waals surface area (Å²) in [6.07, 6.45) is 2.45. The summed E-state index contributed by atoms with van der Waals surface area (Å²) in [4.78, 5) is 14.4. The van der Waals surface area contributed by atoms with Crippen molar-refractivity contribution in [1.29, 1.82) is 0 Å². The molecule has 0 aliphatic rings. The maximum Gasteiger partial charge on any atom is 0.311 e. The molecule has 0 saturated carbocycles. The molecule has 5 nitrogen and oxygen atoms in total. The van der Waals surface area contributed by atoms with Gasteiger partial charge in [0.2, 0.25) is 0 Å². The quantitative estimate of drug-likeness (QED) is 0.142. The minimum absolute atomic E-state index is 0.0835. The molecule has 0 radical (unpaired) electrons. The molecule has 1 unspecified atom stereocenters. The molecular formula is C31H37ClO5S. The first-order valence-corrected chi connectivity index (χ1v) is 14.0. The molecule has 1 atom stereocenters. The van der Waals surface area contributed by atoms with Crippen LogP contribution in [0, 0.1) is 11.3 Å². The van der Waals surface area contributed by atoms with E-state index in [0.717, 1.165) is 26.7 Å². The molecule has 38 heavy (non-hydrogen) atoms. The van der Waals surface area contributed by atoms with Gasteiger partial charge in [0.15, 0.2) is 0 Å². The highest BCUT2D eigenvalue weighted by Crippen LogP contribution is 2.36. The summed E-state index contributed by atoms with van der Waals surface area (Å²) in [5.41, 5.74) is 1.19. The standard InChI is InChI=1S/C31H37ClO5S/c1-23(2)19-31(30(33)34,21-36-22-35-3)16-8-11-25-14-15-28(18-29(25)32)38-27-13-7-12-26(17-27)37-20-24-9-5-4-6-10-24/h4-7,9-10,12-15,17-18,23H,8,11,16,19-22H2,1-3H3,(H,33,34). The fourth-order valence-electron chi connectivity index (χ4n) is 4.51. The molecule has 0 aromatic heterocycles. The molecular weight excluding hydrogens is 520 g/mol. The van der Waals surface area contributed by atoms with E-state index >= 15 is 0 Å². The molecule has 0 spiro atoms. The Bertz CT molecular complexity index is 1150. The van der Waals surface area contributed by atoms with Crippen molar-refractivity contribution in [3.63, 3.8) is 0 Å². The molecule has 7 heteroatoms. The molecule has 0 amide bonds. The van der Waals surface area contributed by atoms with Gasteiger partial charge in [0, 0.05) is 21.9 Å². The lowest BCUT2D eigenvalue weighted by Crippen LogP contribution is -2.37. The number of hydrogen-bond acceptors (Lipinski definition) is 5. The number of carbonyl (C=O) groups is 1. The highest BCUT2D eigenvalue weighted by atomic mass is 35.5. The second-order valence-electron chi connectivity index (χ2n) is 9.90. The summed E-state index contributed by atoms with van der Waals surface area (Å²) in [5, 5.41) is 10.7. The van der Waals surface area contributed by atoms with Gasteiger partial charge in [-0.3, -0.25) is 4.79 Å². The van der Waals surface area contributed by atoms with E-state index in [9.17, 15) is 9.90 Å². The van der Waals surface area contributed by atoms with Gasteiger partial charge in [-0.15, -0.1) is 0 Å². The van der Waals surface area contributed by atoms with Crippen molar-refractivity contribution in [2.45, 2.75) is 55.9 Å². The number of aliphatic carboxylic acids is 1. The van der Waals surface area contributed by atoms with Crippen LogP contribution >= 0.6 is 23.4 Å². The molecule has 1 N–H and O–H groups in total. The van der Waals surface area contributed by atoms with Crippen molar-refractivity contribution < 1.29 is 24.1 Å². The summed E-state index contributed by atoms with van der Waals surface area (Å²) in [6.45, 7) is 4.80. The van der Waals surface area contributed by atoms with Gasteiger partial charge in [0.05, 0.1) is 12.0 Å². The van der Waals surface area contributed by atoms with Gasteiger partial charge < -0.3 is 19.3 Å². The molecule has 0 bridgehead atoms. The SMILES string of the molecule is COCOCC(CCCc1ccc(Sc2cccc(OCc3ccccc3)c2)cc1Cl)(CC(C)C)C(=O)O. The summed E-state index contributed by atoms with van der Waals surface area (Å²) >= 11 is 8.27. The summed E-state index contributed by atoms with van der Waals surface area (Å²) in [5.74, 6) is 0.230. The molecule has 3 aromatic carbocycles. The summed E-state index contributed by atoms with van der Waals surface area (Å²) in [6, 6.07) is 24.2. The third-order valence-electron chi connectivity index (χ3n) is 6.25. The number of carboxylic acid groups (broad SMARTS) is 1. The topological polar surface area (TPSA) is 65.0 Å². The summed E-state index contributed by atoms with van der Waals surface area (Å²) < 4.78 is 16.4. The number of methoxy groups -OCH3 is 1. The Morgan fingerprint density at radius 2 is 1.79 bits per heavy atom. The van der Waals surface area contributed by atoms with E-state index in [0.29, 0.717) is 37.3 Å². The third-order valence-corrected chi connectivity index (χ3v) is 7.58. The maximum atomic E-state index is 12.3. The monoisotopic (exact) mass is 556 g/mol. The van der Waals surface area contributed by atoms with Crippen molar-refractivity contribution in [2.75, 3.05) is 20.5 Å². The van der Waals surface area contributed by atoms with Crippen molar-refractivity contribution in [3.8, 4) is 5.75 Å². The molecule has 0 saturated heterocycles. The molecule has 0 heterocycles. The van der Waals surface area contributed by atoms with Crippen LogP contribution in [0.4, 0.5) is 0 Å². The van der Waals surface area contributed by atoms with Crippen LogP contribution in [-0.4, -0.2) is 31.6 Å².